The van der Waals surface area contributed by atoms with Crippen molar-refractivity contribution in [2.45, 2.75) is 4.90 Å². The van der Waals surface area contributed by atoms with Crippen LogP contribution >= 0.6 is 10.5 Å². The van der Waals surface area contributed by atoms with E-state index in [0.717, 1.165) is 34.2 Å². The zero-order valence-electron chi connectivity index (χ0n) is 15.7. The van der Waals surface area contributed by atoms with E-state index in [1.54, 1.807) is 29.2 Å². The zero-order chi connectivity index (χ0) is 20.1. The highest BCUT2D eigenvalue weighted by molar-refractivity contribution is 8.14. The summed E-state index contributed by atoms with van der Waals surface area (Å²) in [6, 6.07) is 7.27. The predicted molar refractivity (Wildman–Crippen MR) is 118 cm³/mol. The molecular weight excluding hydrogens is 372 g/mol. The van der Waals surface area contributed by atoms with E-state index < -0.39 is 0 Å². The van der Waals surface area contributed by atoms with Gasteiger partial charge in [0.2, 0.25) is 0 Å². The van der Waals surface area contributed by atoms with Crippen LogP contribution in [0.25, 0.3) is 5.70 Å². The van der Waals surface area contributed by atoms with Crippen LogP contribution in [0, 0.1) is 4.91 Å². The molecule has 3 rings (SSSR count). The van der Waals surface area contributed by atoms with Crippen LogP contribution < -0.4 is 5.73 Å². The third-order valence-corrected chi connectivity index (χ3v) is 5.87. The van der Waals surface area contributed by atoms with Crippen molar-refractivity contribution in [2.24, 2.45) is 23.0 Å². The number of aromatic nitrogens is 2. The van der Waals surface area contributed by atoms with E-state index in [4.69, 9.17) is 5.73 Å². The molecule has 0 saturated heterocycles. The fourth-order valence-corrected chi connectivity index (χ4v) is 3.86. The molecule has 1 aliphatic heterocycles. The Morgan fingerprint density at radius 1 is 1.43 bits per heavy atom. The summed E-state index contributed by atoms with van der Waals surface area (Å²) in [5.41, 5.74) is 9.43. The van der Waals surface area contributed by atoms with E-state index in [2.05, 4.69) is 27.7 Å². The fourth-order valence-electron chi connectivity index (χ4n) is 2.65. The van der Waals surface area contributed by atoms with E-state index in [1.807, 2.05) is 42.6 Å². The molecule has 8 heteroatoms. The molecule has 1 aromatic carbocycles. The highest BCUT2D eigenvalue weighted by atomic mass is 32.2. The molecule has 0 bridgehead atoms. The molecule has 0 spiro atoms. The Balaban J connectivity index is 1.60. The zero-order valence-corrected chi connectivity index (χ0v) is 16.5. The van der Waals surface area contributed by atoms with Crippen LogP contribution in [0.15, 0.2) is 82.5 Å². The lowest BCUT2D eigenvalue weighted by Gasteiger charge is -2.18. The number of nitrogens with zero attached hydrogens (tertiary/aromatic N) is 5. The summed E-state index contributed by atoms with van der Waals surface area (Å²) in [7, 11) is 1.59. The van der Waals surface area contributed by atoms with Crippen molar-refractivity contribution in [3.63, 3.8) is 0 Å². The minimum Gasteiger partial charge on any atom is -0.397 e. The van der Waals surface area contributed by atoms with Crippen molar-refractivity contribution in [3.05, 3.63) is 77.9 Å². The first kappa shape index (κ1) is 19.5. The lowest BCUT2D eigenvalue weighted by Crippen LogP contribution is -2.18. The number of allylic oxidation sites excluding steroid dienone is 1. The number of nitroso groups, excluding NO2 is 1. The topological polar surface area (TPSA) is 88.9 Å². The summed E-state index contributed by atoms with van der Waals surface area (Å²) in [6.07, 6.45) is 9.02. The van der Waals surface area contributed by atoms with Gasteiger partial charge in [-0.2, -0.15) is 15.6 Å². The number of aryl methyl sites for hydroxylation is 1. The van der Waals surface area contributed by atoms with Gasteiger partial charge in [-0.1, -0.05) is 18.5 Å². The van der Waals surface area contributed by atoms with Crippen molar-refractivity contribution in [2.75, 3.05) is 12.3 Å². The van der Waals surface area contributed by atoms with Crippen molar-refractivity contribution >= 4 is 33.5 Å². The second kappa shape index (κ2) is 8.62. The molecule has 0 amide bonds. The summed E-state index contributed by atoms with van der Waals surface area (Å²) >= 11 is 0. The lowest BCUT2D eigenvalue weighted by molar-refractivity contribution is 0.532. The minimum atomic E-state index is -0.248. The van der Waals surface area contributed by atoms with Gasteiger partial charge in [0.05, 0.1) is 29.5 Å². The van der Waals surface area contributed by atoms with Gasteiger partial charge >= 0.3 is 0 Å². The van der Waals surface area contributed by atoms with Crippen LogP contribution in [-0.4, -0.2) is 38.6 Å². The highest BCUT2D eigenvalue weighted by Gasteiger charge is 2.16. The molecule has 2 heterocycles. The predicted octanol–water partition coefficient (Wildman–Crippen LogP) is 3.62. The Morgan fingerprint density at radius 2 is 2.25 bits per heavy atom. The first-order valence-corrected chi connectivity index (χ1v) is 10.1. The molecule has 0 radical (unpaired) electrons. The summed E-state index contributed by atoms with van der Waals surface area (Å²) in [4.78, 5) is 18.2. The quantitative estimate of drug-likeness (QED) is 0.574. The molecule has 1 unspecified atom stereocenters. The van der Waals surface area contributed by atoms with Gasteiger partial charge < -0.3 is 10.6 Å². The van der Waals surface area contributed by atoms with Crippen LogP contribution in [0.4, 0.5) is 5.69 Å². The summed E-state index contributed by atoms with van der Waals surface area (Å²) in [5.74, 6) is 5.05. The molecule has 1 atom stereocenters. The Morgan fingerprint density at radius 3 is 2.96 bits per heavy atom. The second-order valence-corrected chi connectivity index (χ2v) is 8.11. The third kappa shape index (κ3) is 4.52. The third-order valence-electron chi connectivity index (χ3n) is 4.27. The van der Waals surface area contributed by atoms with Crippen molar-refractivity contribution in [3.8, 4) is 0 Å². The molecule has 2 N–H and O–H groups in total. The number of rotatable bonds is 7. The molecule has 0 fully saturated rings. The second-order valence-electron chi connectivity index (χ2n) is 6.24. The molecule has 7 nitrogen and oxygen atoms in total. The number of hydrogen-bond acceptors (Lipinski definition) is 6. The molecule has 1 aliphatic rings. The smallest absolute Gasteiger partial charge is 0.109 e. The minimum absolute atomic E-state index is 0.248. The number of nitrogens with two attached hydrogens (primary N) is 1. The highest BCUT2D eigenvalue weighted by Crippen LogP contribution is 2.28. The summed E-state index contributed by atoms with van der Waals surface area (Å²) in [5, 5.41) is 7.09. The standard InChI is InChI=1S/C20H22N6OS/c1-15-20(22-13-19(21)16-12-23-25(2)14-16)7-8-26(15)9-10-28(3)18-6-4-5-17(11-18)24-27/h4-8,11-14H,1,3,9-10,21H2,2H3/b19-13-,22-20?. The molecule has 0 saturated carbocycles. The van der Waals surface area contributed by atoms with Crippen LogP contribution in [0.2, 0.25) is 0 Å². The average molecular weight is 395 g/mol. The van der Waals surface area contributed by atoms with Crippen LogP contribution in [0.3, 0.4) is 0 Å². The molecule has 0 aliphatic carbocycles. The molecule has 28 heavy (non-hydrogen) atoms. The van der Waals surface area contributed by atoms with Crippen LogP contribution in [-0.2, 0) is 7.05 Å². The van der Waals surface area contributed by atoms with Gasteiger partial charge in [-0.3, -0.25) is 9.67 Å². The van der Waals surface area contributed by atoms with Crippen molar-refractivity contribution in [1.29, 1.82) is 0 Å². The Hall–Kier alpha value is -3.26. The Bertz CT molecular complexity index is 1020. The largest absolute Gasteiger partial charge is 0.397 e. The number of benzene rings is 1. The van der Waals surface area contributed by atoms with E-state index in [0.29, 0.717) is 11.4 Å². The molecule has 1 aromatic heterocycles. The lowest BCUT2D eigenvalue weighted by atomic mass is 10.3. The monoisotopic (exact) mass is 394 g/mol. The maximum Gasteiger partial charge on any atom is 0.109 e. The number of aliphatic imine (C=N–C) groups is 1. The Labute approximate surface area is 166 Å². The number of hydrogen-bond donors (Lipinski definition) is 1. The van der Waals surface area contributed by atoms with Gasteiger partial charge in [0, 0.05) is 42.2 Å². The van der Waals surface area contributed by atoms with Crippen molar-refractivity contribution < 1.29 is 0 Å². The van der Waals surface area contributed by atoms with Gasteiger partial charge in [0.1, 0.15) is 5.69 Å². The van der Waals surface area contributed by atoms with E-state index in [-0.39, 0.29) is 10.5 Å². The first-order valence-electron chi connectivity index (χ1n) is 8.58. The average Bonchev–Trinajstić information content (AvgIpc) is 3.30. The van der Waals surface area contributed by atoms with E-state index in [9.17, 15) is 4.91 Å². The molecule has 144 valence electrons. The van der Waals surface area contributed by atoms with Crippen molar-refractivity contribution in [1.82, 2.24) is 14.7 Å². The normalized spacial score (nSPS) is 16.8. The SMILES string of the molecule is C=C1C(=N/C=C(\N)c2cnn(C)c2)C=CN1CCS(=C)c1cccc(N=O)c1. The van der Waals surface area contributed by atoms with Gasteiger partial charge in [0.25, 0.3) is 0 Å². The first-order chi connectivity index (χ1) is 13.5. The van der Waals surface area contributed by atoms with Gasteiger partial charge in [-0.25, -0.2) is 0 Å². The molecular formula is C20H22N6OS. The maximum absolute atomic E-state index is 10.7. The van der Waals surface area contributed by atoms with Crippen LogP contribution in [0.1, 0.15) is 5.56 Å². The van der Waals surface area contributed by atoms with Gasteiger partial charge in [-0.15, -0.1) is 4.91 Å². The maximum atomic E-state index is 10.7. The summed E-state index contributed by atoms with van der Waals surface area (Å²) < 4.78 is 1.69. The molecule has 2 aromatic rings. The van der Waals surface area contributed by atoms with Crippen LogP contribution in [0.5, 0.6) is 0 Å². The Kier molecular flexibility index (Phi) is 6.00. The van der Waals surface area contributed by atoms with E-state index >= 15 is 0 Å². The van der Waals surface area contributed by atoms with Gasteiger partial charge in [-0.05, 0) is 29.5 Å². The van der Waals surface area contributed by atoms with E-state index in [1.165, 1.54) is 0 Å². The fraction of sp³-hybridized carbons (Fsp3) is 0.150. The summed E-state index contributed by atoms with van der Waals surface area (Å²) in [6.45, 7) is 4.87. The van der Waals surface area contributed by atoms with Gasteiger partial charge in [0.15, 0.2) is 0 Å².